The molecule has 1 aliphatic rings. The highest BCUT2D eigenvalue weighted by molar-refractivity contribution is 5.85. The summed E-state index contributed by atoms with van der Waals surface area (Å²) in [6.45, 7) is 4.52. The summed E-state index contributed by atoms with van der Waals surface area (Å²) in [7, 11) is 0. The van der Waals surface area contributed by atoms with Crippen LogP contribution in [0.4, 0.5) is 5.69 Å². The fourth-order valence-corrected chi connectivity index (χ4v) is 2.40. The van der Waals surface area contributed by atoms with Crippen LogP contribution in [0.15, 0.2) is 18.2 Å². The number of nitro groups is 1. The van der Waals surface area contributed by atoms with Crippen molar-refractivity contribution in [3.63, 3.8) is 0 Å². The van der Waals surface area contributed by atoms with E-state index in [1.54, 1.807) is 12.1 Å². The van der Waals surface area contributed by atoms with Gasteiger partial charge in [0.05, 0.1) is 11.5 Å². The van der Waals surface area contributed by atoms with E-state index in [9.17, 15) is 10.1 Å². The van der Waals surface area contributed by atoms with Gasteiger partial charge in [0.25, 0.3) is 0 Å². The van der Waals surface area contributed by atoms with Crippen molar-refractivity contribution in [2.75, 3.05) is 19.7 Å². The molecule has 2 rings (SSSR count). The molecule has 0 aliphatic carbocycles. The lowest BCUT2D eigenvalue weighted by Crippen LogP contribution is -2.28. The van der Waals surface area contributed by atoms with Crippen LogP contribution in [-0.4, -0.2) is 24.6 Å². The maximum Gasteiger partial charge on any atom is 0.311 e. The maximum absolute atomic E-state index is 11.0. The van der Waals surface area contributed by atoms with Crippen molar-refractivity contribution in [2.45, 2.75) is 26.2 Å². The van der Waals surface area contributed by atoms with Gasteiger partial charge in [-0.2, -0.15) is 0 Å². The van der Waals surface area contributed by atoms with Gasteiger partial charge < -0.3 is 10.1 Å². The summed E-state index contributed by atoms with van der Waals surface area (Å²) in [5.41, 5.74) is 0.933. The molecule has 0 saturated carbocycles. The van der Waals surface area contributed by atoms with Gasteiger partial charge in [-0.05, 0) is 56.8 Å². The van der Waals surface area contributed by atoms with Crippen LogP contribution in [0, 0.1) is 23.0 Å². The van der Waals surface area contributed by atoms with Crippen LogP contribution in [0.2, 0.25) is 0 Å². The molecule has 0 bridgehead atoms. The van der Waals surface area contributed by atoms with E-state index in [1.165, 1.54) is 12.8 Å². The molecule has 1 aliphatic heterocycles. The number of rotatable bonds is 5. The van der Waals surface area contributed by atoms with Gasteiger partial charge in [-0.3, -0.25) is 10.1 Å². The van der Waals surface area contributed by atoms with Crippen LogP contribution >= 0.6 is 12.4 Å². The number of hydrogen-bond acceptors (Lipinski definition) is 4. The molecule has 0 aromatic heterocycles. The van der Waals surface area contributed by atoms with Gasteiger partial charge in [0.15, 0.2) is 5.75 Å². The number of nitro benzene ring substituents is 1. The van der Waals surface area contributed by atoms with Crippen molar-refractivity contribution < 1.29 is 9.66 Å². The Morgan fingerprint density at radius 1 is 1.40 bits per heavy atom. The van der Waals surface area contributed by atoms with E-state index in [4.69, 9.17) is 4.74 Å². The standard InChI is InChI=1S/C14H20N2O3.ClH/c1-11-2-3-14(13(10-11)16(17)18)19-9-6-12-4-7-15-8-5-12;/h2-3,10,12,15H,4-9H2,1H3;1H. The van der Waals surface area contributed by atoms with Gasteiger partial charge in [-0.1, -0.05) is 6.07 Å². The molecule has 1 aromatic rings. The Hall–Kier alpha value is -1.33. The molecule has 0 unspecified atom stereocenters. The molecule has 6 heteroatoms. The van der Waals surface area contributed by atoms with Crippen LogP contribution in [-0.2, 0) is 0 Å². The Labute approximate surface area is 125 Å². The van der Waals surface area contributed by atoms with Crippen LogP contribution in [0.3, 0.4) is 0 Å². The third kappa shape index (κ3) is 4.65. The van der Waals surface area contributed by atoms with E-state index in [1.807, 2.05) is 13.0 Å². The number of nitrogens with one attached hydrogen (secondary N) is 1. The van der Waals surface area contributed by atoms with Gasteiger partial charge >= 0.3 is 5.69 Å². The van der Waals surface area contributed by atoms with Crippen molar-refractivity contribution in [3.05, 3.63) is 33.9 Å². The first kappa shape index (κ1) is 16.7. The molecule has 1 saturated heterocycles. The predicted octanol–water partition coefficient (Wildman–Crippen LogP) is 3.09. The van der Waals surface area contributed by atoms with Crippen LogP contribution in [0.5, 0.6) is 5.75 Å². The summed E-state index contributed by atoms with van der Waals surface area (Å²) < 4.78 is 5.59. The number of halogens is 1. The molecular formula is C14H21ClN2O3. The summed E-state index contributed by atoms with van der Waals surface area (Å²) >= 11 is 0. The lowest BCUT2D eigenvalue weighted by atomic mass is 9.95. The molecule has 1 heterocycles. The summed E-state index contributed by atoms with van der Waals surface area (Å²) in [4.78, 5) is 10.6. The van der Waals surface area contributed by atoms with Crippen LogP contribution in [0.25, 0.3) is 0 Å². The zero-order valence-electron chi connectivity index (χ0n) is 11.6. The predicted molar refractivity (Wildman–Crippen MR) is 80.8 cm³/mol. The minimum atomic E-state index is -0.382. The first-order valence-corrected chi connectivity index (χ1v) is 6.75. The van der Waals surface area contributed by atoms with Crippen molar-refractivity contribution in [2.24, 2.45) is 5.92 Å². The summed E-state index contributed by atoms with van der Waals surface area (Å²) in [5, 5.41) is 14.3. The largest absolute Gasteiger partial charge is 0.487 e. The zero-order chi connectivity index (χ0) is 13.7. The molecule has 0 spiro atoms. The summed E-state index contributed by atoms with van der Waals surface area (Å²) in [5.74, 6) is 1.05. The Kier molecular flexibility index (Phi) is 6.75. The van der Waals surface area contributed by atoms with Gasteiger partial charge in [0, 0.05) is 6.07 Å². The van der Waals surface area contributed by atoms with E-state index < -0.39 is 0 Å². The van der Waals surface area contributed by atoms with E-state index >= 15 is 0 Å². The number of benzene rings is 1. The lowest BCUT2D eigenvalue weighted by Gasteiger charge is -2.22. The quantitative estimate of drug-likeness (QED) is 0.670. The van der Waals surface area contributed by atoms with Crippen LogP contribution in [0.1, 0.15) is 24.8 Å². The topological polar surface area (TPSA) is 64.4 Å². The Morgan fingerprint density at radius 3 is 2.75 bits per heavy atom. The third-order valence-electron chi connectivity index (χ3n) is 3.55. The Morgan fingerprint density at radius 2 is 2.10 bits per heavy atom. The molecule has 0 atom stereocenters. The summed E-state index contributed by atoms with van der Waals surface area (Å²) in [6, 6.07) is 5.09. The van der Waals surface area contributed by atoms with E-state index in [-0.39, 0.29) is 23.0 Å². The Balaban J connectivity index is 0.00000200. The zero-order valence-corrected chi connectivity index (χ0v) is 12.4. The second-order valence-corrected chi connectivity index (χ2v) is 5.06. The Bertz CT molecular complexity index is 448. The van der Waals surface area contributed by atoms with Gasteiger partial charge in [0.1, 0.15) is 0 Å². The van der Waals surface area contributed by atoms with Gasteiger partial charge in [-0.25, -0.2) is 0 Å². The third-order valence-corrected chi connectivity index (χ3v) is 3.55. The monoisotopic (exact) mass is 300 g/mol. The normalized spacial score (nSPS) is 15.4. The van der Waals surface area contributed by atoms with E-state index in [0.717, 1.165) is 25.1 Å². The first-order valence-electron chi connectivity index (χ1n) is 6.75. The molecule has 1 N–H and O–H groups in total. The number of ether oxygens (including phenoxy) is 1. The van der Waals surface area contributed by atoms with Gasteiger partial charge in [-0.15, -0.1) is 12.4 Å². The number of aryl methyl sites for hydroxylation is 1. The number of piperidine rings is 1. The number of hydrogen-bond donors (Lipinski definition) is 1. The average molecular weight is 301 g/mol. The van der Waals surface area contributed by atoms with Crippen molar-refractivity contribution in [3.8, 4) is 5.75 Å². The minimum Gasteiger partial charge on any atom is -0.487 e. The molecule has 0 radical (unpaired) electrons. The first-order chi connectivity index (χ1) is 9.16. The van der Waals surface area contributed by atoms with E-state index in [0.29, 0.717) is 18.3 Å². The molecule has 1 aromatic carbocycles. The lowest BCUT2D eigenvalue weighted by molar-refractivity contribution is -0.385. The second kappa shape index (κ2) is 8.07. The fraction of sp³-hybridized carbons (Fsp3) is 0.571. The van der Waals surface area contributed by atoms with Crippen LogP contribution < -0.4 is 10.1 Å². The van der Waals surface area contributed by atoms with E-state index in [2.05, 4.69) is 5.32 Å². The molecule has 1 fully saturated rings. The highest BCUT2D eigenvalue weighted by atomic mass is 35.5. The van der Waals surface area contributed by atoms with Gasteiger partial charge in [0.2, 0.25) is 0 Å². The SMILES string of the molecule is Cc1ccc(OCCC2CCNCC2)c([N+](=O)[O-])c1.Cl. The number of nitrogens with zero attached hydrogens (tertiary/aromatic N) is 1. The highest BCUT2D eigenvalue weighted by Gasteiger charge is 2.17. The molecule has 0 amide bonds. The van der Waals surface area contributed by atoms with Crippen molar-refractivity contribution in [1.29, 1.82) is 0 Å². The summed E-state index contributed by atoms with van der Waals surface area (Å²) in [6.07, 6.45) is 3.30. The molecule has 112 valence electrons. The fourth-order valence-electron chi connectivity index (χ4n) is 2.40. The maximum atomic E-state index is 11.0. The molecular weight excluding hydrogens is 280 g/mol. The van der Waals surface area contributed by atoms with Crippen molar-refractivity contribution in [1.82, 2.24) is 5.32 Å². The molecule has 5 nitrogen and oxygen atoms in total. The molecule has 20 heavy (non-hydrogen) atoms. The average Bonchev–Trinajstić information content (AvgIpc) is 2.41. The smallest absolute Gasteiger partial charge is 0.311 e. The minimum absolute atomic E-state index is 0. The second-order valence-electron chi connectivity index (χ2n) is 5.06. The van der Waals surface area contributed by atoms with Crippen molar-refractivity contribution >= 4 is 18.1 Å². The highest BCUT2D eigenvalue weighted by Crippen LogP contribution is 2.28.